The molecule has 1 saturated heterocycles. The summed E-state index contributed by atoms with van der Waals surface area (Å²) < 4.78 is 33.4. The van der Waals surface area contributed by atoms with Crippen molar-refractivity contribution in [1.29, 1.82) is 0 Å². The van der Waals surface area contributed by atoms with E-state index < -0.39 is 15.9 Å². The van der Waals surface area contributed by atoms with Crippen LogP contribution in [0.1, 0.15) is 33.8 Å². The van der Waals surface area contributed by atoms with E-state index in [4.69, 9.17) is 14.3 Å². The predicted octanol–water partition coefficient (Wildman–Crippen LogP) is 0.970. The zero-order chi connectivity index (χ0) is 20.3. The fourth-order valence-electron chi connectivity index (χ4n) is 3.09. The van der Waals surface area contributed by atoms with Crippen molar-refractivity contribution in [3.05, 3.63) is 47.9 Å². The first-order chi connectivity index (χ1) is 13.3. The fourth-order valence-corrected chi connectivity index (χ4v) is 3.63. The van der Waals surface area contributed by atoms with Crippen molar-refractivity contribution in [3.63, 3.8) is 0 Å². The number of carbonyl (C=O) groups excluding carboxylic acids is 2. The molecule has 10 heteroatoms. The van der Waals surface area contributed by atoms with E-state index in [1.807, 2.05) is 0 Å². The Labute approximate surface area is 162 Å². The first-order valence-corrected chi connectivity index (χ1v) is 10.2. The molecule has 0 aliphatic carbocycles. The molecule has 0 spiro atoms. The van der Waals surface area contributed by atoms with Crippen LogP contribution in [0.5, 0.6) is 5.75 Å². The smallest absolute Gasteiger partial charge is 0.289 e. The summed E-state index contributed by atoms with van der Waals surface area (Å²) in [4.78, 5) is 26.4. The lowest BCUT2D eigenvalue weighted by molar-refractivity contribution is 0.0667. The number of amides is 2. The molecule has 1 aromatic carbocycles. The molecule has 28 heavy (non-hydrogen) atoms. The van der Waals surface area contributed by atoms with Gasteiger partial charge in [0, 0.05) is 19.1 Å². The lowest BCUT2D eigenvalue weighted by Gasteiger charge is -2.32. The molecule has 0 bridgehead atoms. The number of benzene rings is 1. The topological polar surface area (TPSA) is 132 Å². The molecule has 0 saturated carbocycles. The Morgan fingerprint density at radius 1 is 1.25 bits per heavy atom. The number of nitrogens with one attached hydrogen (secondary N) is 1. The Kier molecular flexibility index (Phi) is 5.71. The number of sulfonamides is 1. The second kappa shape index (κ2) is 8.03. The highest BCUT2D eigenvalue weighted by atomic mass is 32.2. The largest absolute Gasteiger partial charge is 0.496 e. The summed E-state index contributed by atoms with van der Waals surface area (Å²) in [6.07, 6.45) is 2.58. The Morgan fingerprint density at radius 2 is 1.96 bits per heavy atom. The van der Waals surface area contributed by atoms with Crippen molar-refractivity contribution in [2.45, 2.75) is 23.8 Å². The van der Waals surface area contributed by atoms with Crippen molar-refractivity contribution in [2.24, 2.45) is 5.14 Å². The quantitative estimate of drug-likeness (QED) is 0.759. The van der Waals surface area contributed by atoms with Gasteiger partial charge < -0.3 is 19.4 Å². The second-order valence-corrected chi connectivity index (χ2v) is 7.99. The Bertz CT molecular complexity index is 963. The third-order valence-corrected chi connectivity index (χ3v) is 5.50. The van der Waals surface area contributed by atoms with Gasteiger partial charge in [0.2, 0.25) is 10.0 Å². The van der Waals surface area contributed by atoms with Crippen molar-refractivity contribution in [2.75, 3.05) is 20.2 Å². The summed E-state index contributed by atoms with van der Waals surface area (Å²) in [5.41, 5.74) is 0.0862. The highest BCUT2D eigenvalue weighted by Crippen LogP contribution is 2.23. The molecular weight excluding hydrogens is 386 g/mol. The van der Waals surface area contributed by atoms with Gasteiger partial charge >= 0.3 is 0 Å². The van der Waals surface area contributed by atoms with E-state index in [2.05, 4.69) is 5.32 Å². The summed E-state index contributed by atoms with van der Waals surface area (Å²) in [6, 6.07) is 6.97. The van der Waals surface area contributed by atoms with Crippen LogP contribution in [-0.4, -0.2) is 51.4 Å². The standard InChI is InChI=1S/C18H21N3O6S/c1-26-15-5-4-13(28(19,24)25)11-14(15)17(22)20-12-6-8-21(9-7-12)18(23)16-3-2-10-27-16/h2-5,10-12H,6-9H2,1H3,(H,20,22)(H2,19,24,25). The maximum Gasteiger partial charge on any atom is 0.289 e. The van der Waals surface area contributed by atoms with Crippen LogP contribution in [0.2, 0.25) is 0 Å². The number of piperidine rings is 1. The number of primary sulfonamides is 1. The highest BCUT2D eigenvalue weighted by Gasteiger charge is 2.27. The number of carbonyl (C=O) groups is 2. The Hall–Kier alpha value is -2.85. The molecule has 1 fully saturated rings. The monoisotopic (exact) mass is 407 g/mol. The lowest BCUT2D eigenvalue weighted by Crippen LogP contribution is -2.46. The van der Waals surface area contributed by atoms with Crippen LogP contribution in [0.15, 0.2) is 45.9 Å². The second-order valence-electron chi connectivity index (χ2n) is 6.42. The van der Waals surface area contributed by atoms with E-state index in [-0.39, 0.29) is 33.9 Å². The van der Waals surface area contributed by atoms with E-state index >= 15 is 0 Å². The Morgan fingerprint density at radius 3 is 2.54 bits per heavy atom. The van der Waals surface area contributed by atoms with E-state index in [1.54, 1.807) is 17.0 Å². The SMILES string of the molecule is COc1ccc(S(N)(=O)=O)cc1C(=O)NC1CCN(C(=O)c2ccco2)CC1. The van der Waals surface area contributed by atoms with Gasteiger partial charge in [0.05, 0.1) is 23.8 Å². The molecule has 1 aromatic heterocycles. The molecule has 0 atom stereocenters. The Balaban J connectivity index is 1.65. The fraction of sp³-hybridized carbons (Fsp3) is 0.333. The molecule has 2 heterocycles. The van der Waals surface area contributed by atoms with Crippen molar-refractivity contribution in [3.8, 4) is 5.75 Å². The molecule has 3 rings (SSSR count). The highest BCUT2D eigenvalue weighted by molar-refractivity contribution is 7.89. The van der Waals surface area contributed by atoms with E-state index in [0.717, 1.165) is 0 Å². The average Bonchev–Trinajstić information content (AvgIpc) is 3.21. The summed E-state index contributed by atoms with van der Waals surface area (Å²) >= 11 is 0. The van der Waals surface area contributed by atoms with Crippen LogP contribution in [0, 0.1) is 0 Å². The summed E-state index contributed by atoms with van der Waals surface area (Å²) in [7, 11) is -2.55. The van der Waals surface area contributed by atoms with Crippen molar-refractivity contribution < 1.29 is 27.2 Å². The van der Waals surface area contributed by atoms with Crippen LogP contribution in [0.3, 0.4) is 0 Å². The van der Waals surface area contributed by atoms with Gasteiger partial charge in [0.1, 0.15) is 5.75 Å². The first-order valence-electron chi connectivity index (χ1n) is 8.64. The summed E-state index contributed by atoms with van der Waals surface area (Å²) in [5, 5.41) is 8.01. The number of rotatable bonds is 5. The number of likely N-dealkylation sites (tertiary alicyclic amines) is 1. The van der Waals surface area contributed by atoms with E-state index in [1.165, 1.54) is 31.6 Å². The summed E-state index contributed by atoms with van der Waals surface area (Å²) in [5.74, 6) is -0.113. The van der Waals surface area contributed by atoms with Gasteiger partial charge in [-0.05, 0) is 43.2 Å². The molecule has 1 aliphatic heterocycles. The number of nitrogens with zero attached hydrogens (tertiary/aromatic N) is 1. The third-order valence-electron chi connectivity index (χ3n) is 4.59. The number of hydrogen-bond donors (Lipinski definition) is 2. The molecule has 0 radical (unpaired) electrons. The number of methoxy groups -OCH3 is 1. The maximum absolute atomic E-state index is 12.7. The van der Waals surface area contributed by atoms with Gasteiger partial charge in [-0.15, -0.1) is 0 Å². The van der Waals surface area contributed by atoms with Gasteiger partial charge in [-0.1, -0.05) is 0 Å². The number of ether oxygens (including phenoxy) is 1. The van der Waals surface area contributed by atoms with E-state index in [0.29, 0.717) is 25.9 Å². The minimum atomic E-state index is -3.94. The van der Waals surface area contributed by atoms with Gasteiger partial charge in [0.25, 0.3) is 11.8 Å². The van der Waals surface area contributed by atoms with Crippen molar-refractivity contribution in [1.82, 2.24) is 10.2 Å². The minimum absolute atomic E-state index is 0.0862. The average molecular weight is 407 g/mol. The molecule has 2 amide bonds. The lowest BCUT2D eigenvalue weighted by atomic mass is 10.0. The molecule has 1 aliphatic rings. The van der Waals surface area contributed by atoms with Crippen molar-refractivity contribution >= 4 is 21.8 Å². The van der Waals surface area contributed by atoms with Crippen LogP contribution in [0.4, 0.5) is 0 Å². The maximum atomic E-state index is 12.7. The van der Waals surface area contributed by atoms with Gasteiger partial charge in [-0.3, -0.25) is 9.59 Å². The minimum Gasteiger partial charge on any atom is -0.496 e. The summed E-state index contributed by atoms with van der Waals surface area (Å²) in [6.45, 7) is 0.942. The normalized spacial score (nSPS) is 15.3. The third kappa shape index (κ3) is 4.34. The molecule has 150 valence electrons. The zero-order valence-electron chi connectivity index (χ0n) is 15.3. The number of hydrogen-bond acceptors (Lipinski definition) is 6. The van der Waals surface area contributed by atoms with Crippen LogP contribution >= 0.6 is 0 Å². The molecule has 3 N–H and O–H groups in total. The molecule has 0 unspecified atom stereocenters. The van der Waals surface area contributed by atoms with Crippen LogP contribution in [0.25, 0.3) is 0 Å². The molecule has 2 aromatic rings. The van der Waals surface area contributed by atoms with E-state index in [9.17, 15) is 18.0 Å². The zero-order valence-corrected chi connectivity index (χ0v) is 16.1. The first kappa shape index (κ1) is 19.9. The predicted molar refractivity (Wildman–Crippen MR) is 99.5 cm³/mol. The molecular formula is C18H21N3O6S. The molecule has 9 nitrogen and oxygen atoms in total. The van der Waals surface area contributed by atoms with Crippen LogP contribution in [-0.2, 0) is 10.0 Å². The number of nitrogens with two attached hydrogens (primary N) is 1. The van der Waals surface area contributed by atoms with Gasteiger partial charge in [-0.25, -0.2) is 13.6 Å². The van der Waals surface area contributed by atoms with Crippen LogP contribution < -0.4 is 15.2 Å². The number of furan rings is 1. The van der Waals surface area contributed by atoms with Gasteiger partial charge in [0.15, 0.2) is 5.76 Å². The van der Waals surface area contributed by atoms with Gasteiger partial charge in [-0.2, -0.15) is 0 Å².